The number of piperazine rings is 1. The van der Waals surface area contributed by atoms with Crippen molar-refractivity contribution in [2.45, 2.75) is 13.3 Å². The molecule has 5 rings (SSSR count). The Kier molecular flexibility index (Phi) is 9.39. The lowest BCUT2D eigenvalue weighted by Gasteiger charge is -2.35. The summed E-state index contributed by atoms with van der Waals surface area (Å²) in [5.74, 6) is -0.751. The number of carbonyl (C=O) groups is 2. The highest BCUT2D eigenvalue weighted by Gasteiger charge is 2.22. The highest BCUT2D eigenvalue weighted by atomic mass is 35.5. The van der Waals surface area contributed by atoms with E-state index >= 15 is 0 Å². The number of amides is 2. The fourth-order valence-corrected chi connectivity index (χ4v) is 5.05. The number of morpholine rings is 1. The van der Waals surface area contributed by atoms with Crippen LogP contribution in [-0.4, -0.2) is 119 Å². The van der Waals surface area contributed by atoms with Crippen LogP contribution < -0.4 is 15.5 Å². The highest BCUT2D eigenvalue weighted by molar-refractivity contribution is 6.33. The molecule has 2 saturated heterocycles. The molecular formula is C27H35ClN10O3. The minimum Gasteiger partial charge on any atom is -0.379 e. The molecule has 2 aromatic heterocycles. The van der Waals surface area contributed by atoms with Gasteiger partial charge in [-0.15, -0.1) is 5.10 Å². The van der Waals surface area contributed by atoms with Crippen LogP contribution in [0.2, 0.25) is 5.15 Å². The summed E-state index contributed by atoms with van der Waals surface area (Å²) in [6.45, 7) is 9.98. The Morgan fingerprint density at radius 2 is 1.85 bits per heavy atom. The second-order valence-electron chi connectivity index (χ2n) is 10.2. The number of hydrogen-bond donors (Lipinski definition) is 2. The van der Waals surface area contributed by atoms with Crippen LogP contribution in [0.5, 0.6) is 0 Å². The highest BCUT2D eigenvalue weighted by Crippen LogP contribution is 2.30. The number of rotatable bonds is 9. The van der Waals surface area contributed by atoms with Gasteiger partial charge in [-0.25, -0.2) is 14.6 Å². The van der Waals surface area contributed by atoms with Gasteiger partial charge in [0.25, 0.3) is 11.8 Å². The average Bonchev–Trinajstić information content (AvgIpc) is 3.47. The maximum Gasteiger partial charge on any atom is 0.277 e. The normalized spacial score (nSPS) is 16.5. The van der Waals surface area contributed by atoms with Gasteiger partial charge >= 0.3 is 0 Å². The smallest absolute Gasteiger partial charge is 0.277 e. The topological polar surface area (TPSA) is 134 Å². The van der Waals surface area contributed by atoms with Crippen molar-refractivity contribution in [3.8, 4) is 5.69 Å². The van der Waals surface area contributed by atoms with Crippen molar-refractivity contribution < 1.29 is 14.3 Å². The number of anilines is 2. The fourth-order valence-electron chi connectivity index (χ4n) is 4.79. The maximum atomic E-state index is 13.2. The lowest BCUT2D eigenvalue weighted by atomic mass is 10.2. The van der Waals surface area contributed by atoms with Gasteiger partial charge in [-0.1, -0.05) is 16.8 Å². The van der Waals surface area contributed by atoms with E-state index in [-0.39, 0.29) is 22.4 Å². The van der Waals surface area contributed by atoms with Gasteiger partial charge in [-0.05, 0) is 45.1 Å². The minimum atomic E-state index is -0.467. The molecule has 0 bridgehead atoms. The van der Waals surface area contributed by atoms with Crippen molar-refractivity contribution in [3.63, 3.8) is 0 Å². The Morgan fingerprint density at radius 1 is 1.07 bits per heavy atom. The molecule has 2 amide bonds. The second-order valence-corrected chi connectivity index (χ2v) is 10.6. The Bertz CT molecular complexity index is 1370. The first-order valence-corrected chi connectivity index (χ1v) is 14.1. The van der Waals surface area contributed by atoms with Crippen molar-refractivity contribution in [1.29, 1.82) is 0 Å². The Morgan fingerprint density at radius 3 is 2.61 bits per heavy atom. The van der Waals surface area contributed by atoms with E-state index in [4.69, 9.17) is 16.3 Å². The van der Waals surface area contributed by atoms with Crippen LogP contribution in [0.3, 0.4) is 0 Å². The molecule has 2 aliphatic heterocycles. The van der Waals surface area contributed by atoms with Gasteiger partial charge in [-0.3, -0.25) is 14.5 Å². The Labute approximate surface area is 243 Å². The SMILES string of the molecule is Cc1cnc(C(=O)Nc2cc(-n3cc(C(=O)NCCCN4CCOCC4)nn3)ccc2N2CCN(C)CC2)c(Cl)n1. The van der Waals surface area contributed by atoms with Gasteiger partial charge in [0.05, 0.1) is 42.2 Å². The number of nitrogens with one attached hydrogen (secondary N) is 2. The molecule has 0 atom stereocenters. The predicted octanol–water partition coefficient (Wildman–Crippen LogP) is 1.48. The van der Waals surface area contributed by atoms with Crippen LogP contribution >= 0.6 is 11.6 Å². The summed E-state index contributed by atoms with van der Waals surface area (Å²) in [6, 6.07) is 5.63. The molecule has 13 nitrogen and oxygen atoms in total. The molecule has 41 heavy (non-hydrogen) atoms. The molecule has 0 saturated carbocycles. The summed E-state index contributed by atoms with van der Waals surface area (Å²) >= 11 is 6.22. The number of nitrogens with zero attached hydrogens (tertiary/aromatic N) is 8. The van der Waals surface area contributed by atoms with Gasteiger partial charge in [-0.2, -0.15) is 0 Å². The van der Waals surface area contributed by atoms with Crippen molar-refractivity contribution in [2.24, 2.45) is 0 Å². The molecule has 2 N–H and O–H groups in total. The molecule has 0 unspecified atom stereocenters. The fraction of sp³-hybridized carbons (Fsp3) is 0.481. The van der Waals surface area contributed by atoms with Crippen LogP contribution in [0.25, 0.3) is 5.69 Å². The average molecular weight is 583 g/mol. The molecule has 1 aromatic carbocycles. The van der Waals surface area contributed by atoms with Gasteiger partial charge in [0, 0.05) is 52.0 Å². The van der Waals surface area contributed by atoms with Crippen LogP contribution in [0.15, 0.2) is 30.6 Å². The standard InChI is InChI=1S/C27H35ClN10O3/c1-19-17-30-24(25(28)31-19)27(40)32-21-16-20(4-5-23(21)37-10-8-35(2)9-11-37)38-18-22(33-34-38)26(39)29-6-3-7-36-12-14-41-15-13-36/h4-5,16-18H,3,6-15H2,1-2H3,(H,29,39)(H,32,40). The van der Waals surface area contributed by atoms with E-state index in [1.807, 2.05) is 12.1 Å². The summed E-state index contributed by atoms with van der Waals surface area (Å²) < 4.78 is 6.89. The molecule has 0 radical (unpaired) electrons. The third-order valence-corrected chi connectivity index (χ3v) is 7.43. The number of halogens is 1. The Hall–Kier alpha value is -3.65. The van der Waals surface area contributed by atoms with Crippen LogP contribution in [0.1, 0.15) is 33.1 Å². The molecule has 3 aromatic rings. The lowest BCUT2D eigenvalue weighted by Crippen LogP contribution is -2.44. The van der Waals surface area contributed by atoms with Gasteiger partial charge in [0.15, 0.2) is 16.5 Å². The molecule has 4 heterocycles. The van der Waals surface area contributed by atoms with Gasteiger partial charge in [0.2, 0.25) is 0 Å². The first kappa shape index (κ1) is 28.9. The van der Waals surface area contributed by atoms with E-state index in [0.717, 1.165) is 71.1 Å². The van der Waals surface area contributed by atoms with Crippen molar-refractivity contribution in [1.82, 2.24) is 40.1 Å². The van der Waals surface area contributed by atoms with E-state index in [1.54, 1.807) is 19.2 Å². The third kappa shape index (κ3) is 7.36. The number of aryl methyl sites for hydroxylation is 1. The summed E-state index contributed by atoms with van der Waals surface area (Å²) in [6.07, 6.45) is 3.92. The molecular weight excluding hydrogens is 548 g/mol. The quantitative estimate of drug-likeness (QED) is 0.357. The largest absolute Gasteiger partial charge is 0.379 e. The number of benzene rings is 1. The molecule has 14 heteroatoms. The van der Waals surface area contributed by atoms with Gasteiger partial charge in [0.1, 0.15) is 0 Å². The molecule has 2 fully saturated rings. The van der Waals surface area contributed by atoms with Crippen molar-refractivity contribution in [3.05, 3.63) is 52.8 Å². The second kappa shape index (κ2) is 13.3. The molecule has 218 valence electrons. The van der Waals surface area contributed by atoms with E-state index in [2.05, 4.69) is 52.7 Å². The van der Waals surface area contributed by atoms with E-state index < -0.39 is 5.91 Å². The molecule has 0 spiro atoms. The zero-order valence-corrected chi connectivity index (χ0v) is 24.1. The van der Waals surface area contributed by atoms with Crippen molar-refractivity contribution >= 4 is 34.8 Å². The zero-order valence-electron chi connectivity index (χ0n) is 23.3. The van der Waals surface area contributed by atoms with E-state index in [0.29, 0.717) is 23.6 Å². The number of likely N-dealkylation sites (N-methyl/N-ethyl adjacent to an activating group) is 1. The third-order valence-electron chi connectivity index (χ3n) is 7.17. The minimum absolute atomic E-state index is 0.0386. The number of carbonyl (C=O) groups excluding carboxylic acids is 2. The first-order valence-electron chi connectivity index (χ1n) is 13.8. The van der Waals surface area contributed by atoms with E-state index in [9.17, 15) is 9.59 Å². The molecule has 2 aliphatic rings. The maximum absolute atomic E-state index is 13.2. The summed E-state index contributed by atoms with van der Waals surface area (Å²) in [5.41, 5.74) is 2.95. The number of ether oxygens (including phenoxy) is 1. The molecule has 0 aliphatic carbocycles. The monoisotopic (exact) mass is 582 g/mol. The lowest BCUT2D eigenvalue weighted by molar-refractivity contribution is 0.0374. The number of aromatic nitrogens is 5. The Balaban J connectivity index is 1.30. The summed E-state index contributed by atoms with van der Waals surface area (Å²) in [4.78, 5) is 41.0. The number of hydrogen-bond acceptors (Lipinski definition) is 10. The van der Waals surface area contributed by atoms with Crippen LogP contribution in [-0.2, 0) is 4.74 Å². The summed E-state index contributed by atoms with van der Waals surface area (Å²) in [5, 5.41) is 14.2. The summed E-state index contributed by atoms with van der Waals surface area (Å²) in [7, 11) is 2.09. The first-order chi connectivity index (χ1) is 19.9. The zero-order chi connectivity index (χ0) is 28.8. The van der Waals surface area contributed by atoms with E-state index in [1.165, 1.54) is 10.9 Å². The predicted molar refractivity (Wildman–Crippen MR) is 155 cm³/mol. The van der Waals surface area contributed by atoms with Crippen LogP contribution in [0.4, 0.5) is 11.4 Å². The van der Waals surface area contributed by atoms with Crippen molar-refractivity contribution in [2.75, 3.05) is 82.8 Å². The van der Waals surface area contributed by atoms with Crippen LogP contribution in [0, 0.1) is 6.92 Å². The van der Waals surface area contributed by atoms with Gasteiger partial charge < -0.3 is 25.2 Å².